The van der Waals surface area contributed by atoms with E-state index in [-0.39, 0.29) is 11.8 Å². The molecule has 0 unspecified atom stereocenters. The Hall–Kier alpha value is -0.240. The molecule has 1 aliphatic carbocycles. The van der Waals surface area contributed by atoms with Crippen molar-refractivity contribution in [3.8, 4) is 0 Å². The zero-order valence-corrected chi connectivity index (χ0v) is 8.69. The highest BCUT2D eigenvalue weighted by Gasteiger charge is 2.39. The van der Waals surface area contributed by atoms with Crippen LogP contribution in [0, 0.1) is 5.41 Å². The lowest BCUT2D eigenvalue weighted by Gasteiger charge is -2.46. The van der Waals surface area contributed by atoms with Gasteiger partial charge in [0.05, 0.1) is 0 Å². The minimum Gasteiger partial charge on any atom is -0.342 e. The van der Waals surface area contributed by atoms with Crippen LogP contribution < -0.4 is 0 Å². The second-order valence-corrected chi connectivity index (χ2v) is 4.63. The molecule has 70 valence electrons. The number of rotatable bonds is 2. The summed E-state index contributed by atoms with van der Waals surface area (Å²) in [6.45, 7) is 4.45. The van der Waals surface area contributed by atoms with Crippen molar-refractivity contribution >= 4 is 17.5 Å². The highest BCUT2D eigenvalue weighted by atomic mass is 35.5. The number of carbonyl (C=O) groups is 1. The summed E-state index contributed by atoms with van der Waals surface area (Å²) in [7, 11) is 1.84. The van der Waals surface area contributed by atoms with Gasteiger partial charge in [0.25, 0.3) is 0 Å². The molecule has 1 rings (SSSR count). The molecule has 0 aliphatic heterocycles. The van der Waals surface area contributed by atoms with E-state index in [0.717, 1.165) is 12.8 Å². The molecule has 0 atom stereocenters. The number of hydrogen-bond donors (Lipinski definition) is 0. The topological polar surface area (TPSA) is 20.3 Å². The molecule has 0 aromatic rings. The van der Waals surface area contributed by atoms with Crippen molar-refractivity contribution in [1.29, 1.82) is 0 Å². The van der Waals surface area contributed by atoms with Crippen LogP contribution in [0.4, 0.5) is 0 Å². The Morgan fingerprint density at radius 3 is 2.42 bits per heavy atom. The summed E-state index contributed by atoms with van der Waals surface area (Å²) in [5, 5.41) is 0. The van der Waals surface area contributed by atoms with E-state index >= 15 is 0 Å². The molecule has 0 aromatic carbocycles. The fraction of sp³-hybridized carbons (Fsp3) is 0.889. The van der Waals surface area contributed by atoms with Crippen molar-refractivity contribution in [2.75, 3.05) is 12.9 Å². The SMILES string of the molecule is CN(C(=O)CCl)C1CC(C)(C)C1. The molecule has 0 bridgehead atoms. The summed E-state index contributed by atoms with van der Waals surface area (Å²) < 4.78 is 0. The fourth-order valence-electron chi connectivity index (χ4n) is 1.79. The molecule has 1 amide bonds. The van der Waals surface area contributed by atoms with Gasteiger partial charge in [-0.05, 0) is 18.3 Å². The van der Waals surface area contributed by atoms with E-state index in [1.54, 1.807) is 4.90 Å². The molecule has 0 N–H and O–H groups in total. The number of nitrogens with zero attached hydrogens (tertiary/aromatic N) is 1. The molecular formula is C9H16ClNO. The Morgan fingerprint density at radius 1 is 1.58 bits per heavy atom. The van der Waals surface area contributed by atoms with Crippen LogP contribution in [-0.2, 0) is 4.79 Å². The van der Waals surface area contributed by atoms with Crippen molar-refractivity contribution in [1.82, 2.24) is 4.90 Å². The molecule has 0 aromatic heterocycles. The number of alkyl halides is 1. The van der Waals surface area contributed by atoms with Crippen molar-refractivity contribution in [2.24, 2.45) is 5.41 Å². The predicted molar refractivity (Wildman–Crippen MR) is 50.3 cm³/mol. The lowest BCUT2D eigenvalue weighted by atomic mass is 9.68. The van der Waals surface area contributed by atoms with Gasteiger partial charge in [0.2, 0.25) is 5.91 Å². The first-order valence-corrected chi connectivity index (χ1v) is 4.81. The van der Waals surface area contributed by atoms with Gasteiger partial charge >= 0.3 is 0 Å². The van der Waals surface area contributed by atoms with Crippen LogP contribution in [0.5, 0.6) is 0 Å². The van der Waals surface area contributed by atoms with Crippen LogP contribution in [0.25, 0.3) is 0 Å². The number of amides is 1. The minimum atomic E-state index is 0.0390. The minimum absolute atomic E-state index is 0.0390. The van der Waals surface area contributed by atoms with Crippen LogP contribution in [0.15, 0.2) is 0 Å². The first-order valence-electron chi connectivity index (χ1n) is 4.28. The average Bonchev–Trinajstić information content (AvgIpc) is 1.97. The van der Waals surface area contributed by atoms with Gasteiger partial charge in [0.1, 0.15) is 5.88 Å². The molecule has 1 saturated carbocycles. The first-order chi connectivity index (χ1) is 5.46. The molecule has 12 heavy (non-hydrogen) atoms. The molecule has 3 heteroatoms. The largest absolute Gasteiger partial charge is 0.342 e. The summed E-state index contributed by atoms with van der Waals surface area (Å²) in [6, 6.07) is 0.422. The van der Waals surface area contributed by atoms with E-state index in [9.17, 15) is 4.79 Å². The average molecular weight is 190 g/mol. The third-order valence-electron chi connectivity index (χ3n) is 2.63. The monoisotopic (exact) mass is 189 g/mol. The Kier molecular flexibility index (Phi) is 2.67. The maximum Gasteiger partial charge on any atom is 0.237 e. The number of halogens is 1. The zero-order valence-electron chi connectivity index (χ0n) is 7.93. The van der Waals surface area contributed by atoms with E-state index in [4.69, 9.17) is 11.6 Å². The van der Waals surface area contributed by atoms with Crippen LogP contribution >= 0.6 is 11.6 Å². The van der Waals surface area contributed by atoms with E-state index in [2.05, 4.69) is 13.8 Å². The van der Waals surface area contributed by atoms with E-state index in [1.165, 1.54) is 0 Å². The quantitative estimate of drug-likeness (QED) is 0.608. The van der Waals surface area contributed by atoms with Crippen molar-refractivity contribution < 1.29 is 4.79 Å². The van der Waals surface area contributed by atoms with Gasteiger partial charge in [-0.15, -0.1) is 11.6 Å². The molecule has 0 spiro atoms. The van der Waals surface area contributed by atoms with E-state index in [1.807, 2.05) is 7.05 Å². The third-order valence-corrected chi connectivity index (χ3v) is 2.86. The normalized spacial score (nSPS) is 21.7. The van der Waals surface area contributed by atoms with Gasteiger partial charge in [-0.1, -0.05) is 13.8 Å². The Labute approximate surface area is 78.9 Å². The van der Waals surface area contributed by atoms with Crippen LogP contribution in [0.2, 0.25) is 0 Å². The van der Waals surface area contributed by atoms with Gasteiger partial charge in [-0.25, -0.2) is 0 Å². The molecular weight excluding hydrogens is 174 g/mol. The summed E-state index contributed by atoms with van der Waals surface area (Å²) in [5.74, 6) is 0.144. The lowest BCUT2D eigenvalue weighted by molar-refractivity contribution is -0.133. The predicted octanol–water partition coefficient (Wildman–Crippen LogP) is 1.87. The first kappa shape index (κ1) is 9.85. The lowest BCUT2D eigenvalue weighted by Crippen LogP contribution is -2.49. The Bertz CT molecular complexity index is 183. The molecule has 2 nitrogen and oxygen atoms in total. The molecule has 0 heterocycles. The molecule has 0 saturated heterocycles. The third kappa shape index (κ3) is 1.92. The molecule has 1 aliphatic rings. The summed E-state index contributed by atoms with van der Waals surface area (Å²) >= 11 is 5.45. The smallest absolute Gasteiger partial charge is 0.237 e. The summed E-state index contributed by atoms with van der Waals surface area (Å²) in [6.07, 6.45) is 2.21. The fourth-order valence-corrected chi connectivity index (χ4v) is 1.98. The highest BCUT2D eigenvalue weighted by Crippen LogP contribution is 2.42. The summed E-state index contributed by atoms with van der Waals surface area (Å²) in [4.78, 5) is 12.9. The Balaban J connectivity index is 2.38. The standard InChI is InChI=1S/C9H16ClNO/c1-9(2)4-7(5-9)11(3)8(12)6-10/h7H,4-6H2,1-3H3. The van der Waals surface area contributed by atoms with E-state index < -0.39 is 0 Å². The number of carbonyl (C=O) groups excluding carboxylic acids is 1. The van der Waals surface area contributed by atoms with Gasteiger partial charge < -0.3 is 4.90 Å². The van der Waals surface area contributed by atoms with Crippen molar-refractivity contribution in [3.63, 3.8) is 0 Å². The zero-order chi connectivity index (χ0) is 9.35. The van der Waals surface area contributed by atoms with Gasteiger partial charge in [-0.2, -0.15) is 0 Å². The van der Waals surface area contributed by atoms with Gasteiger partial charge in [0, 0.05) is 13.1 Å². The second kappa shape index (κ2) is 3.25. The molecule has 1 fully saturated rings. The maximum absolute atomic E-state index is 11.2. The Morgan fingerprint density at radius 2 is 2.08 bits per heavy atom. The second-order valence-electron chi connectivity index (χ2n) is 4.36. The van der Waals surface area contributed by atoms with Gasteiger partial charge in [-0.3, -0.25) is 4.79 Å². The van der Waals surface area contributed by atoms with Gasteiger partial charge in [0.15, 0.2) is 0 Å². The molecule has 0 radical (unpaired) electrons. The van der Waals surface area contributed by atoms with Crippen molar-refractivity contribution in [2.45, 2.75) is 32.7 Å². The summed E-state index contributed by atoms with van der Waals surface area (Å²) in [5.41, 5.74) is 0.422. The highest BCUT2D eigenvalue weighted by molar-refractivity contribution is 6.27. The van der Waals surface area contributed by atoms with Crippen LogP contribution in [0.1, 0.15) is 26.7 Å². The van der Waals surface area contributed by atoms with Crippen LogP contribution in [-0.4, -0.2) is 29.8 Å². The number of hydrogen-bond acceptors (Lipinski definition) is 1. The van der Waals surface area contributed by atoms with Crippen LogP contribution in [0.3, 0.4) is 0 Å². The van der Waals surface area contributed by atoms with Crippen molar-refractivity contribution in [3.05, 3.63) is 0 Å². The van der Waals surface area contributed by atoms with E-state index in [0.29, 0.717) is 11.5 Å². The maximum atomic E-state index is 11.2.